The number of amides is 1. The number of nitro benzene ring substituents is 1. The lowest BCUT2D eigenvalue weighted by Gasteiger charge is -2.00. The molecule has 106 valence electrons. The number of nitrogens with one attached hydrogen (secondary N) is 1. The summed E-state index contributed by atoms with van der Waals surface area (Å²) in [5.41, 5.74) is 2.92. The lowest BCUT2D eigenvalue weighted by atomic mass is 10.2. The summed E-state index contributed by atoms with van der Waals surface area (Å²) in [6, 6.07) is 7.02. The molecule has 2 rings (SSSR count). The van der Waals surface area contributed by atoms with Gasteiger partial charge in [0.1, 0.15) is 0 Å². The second-order valence-electron chi connectivity index (χ2n) is 3.90. The van der Waals surface area contributed by atoms with Crippen molar-refractivity contribution in [3.05, 3.63) is 69.0 Å². The summed E-state index contributed by atoms with van der Waals surface area (Å²) in [4.78, 5) is 25.6. The Morgan fingerprint density at radius 3 is 2.71 bits per heavy atom. The zero-order valence-corrected chi connectivity index (χ0v) is 11.3. The molecular weight excluding hydrogens is 296 g/mol. The molecule has 0 bridgehead atoms. The molecule has 7 nitrogen and oxygen atoms in total. The van der Waals surface area contributed by atoms with E-state index >= 15 is 0 Å². The molecule has 0 aliphatic rings. The second-order valence-corrected chi connectivity index (χ2v) is 4.31. The largest absolute Gasteiger partial charge is 0.271 e. The maximum atomic E-state index is 11.7. The minimum atomic E-state index is -0.538. The van der Waals surface area contributed by atoms with Gasteiger partial charge in [-0.15, -0.1) is 0 Å². The van der Waals surface area contributed by atoms with Crippen molar-refractivity contribution in [1.29, 1.82) is 0 Å². The summed E-state index contributed by atoms with van der Waals surface area (Å²) in [5.74, 6) is -0.421. The molecule has 0 fully saturated rings. The standard InChI is InChI=1S/C13H9ClN4O3/c14-12-2-1-11(18(20)21)7-10(12)8-16-17-13(19)9-3-5-15-6-4-9/h1-8H,(H,17,19)/b16-8-. The van der Waals surface area contributed by atoms with Crippen molar-refractivity contribution < 1.29 is 9.72 Å². The van der Waals surface area contributed by atoms with Gasteiger partial charge in [0.05, 0.1) is 11.1 Å². The van der Waals surface area contributed by atoms with Gasteiger partial charge in [0, 0.05) is 40.7 Å². The van der Waals surface area contributed by atoms with Gasteiger partial charge >= 0.3 is 0 Å². The van der Waals surface area contributed by atoms with E-state index in [0.29, 0.717) is 16.1 Å². The van der Waals surface area contributed by atoms with E-state index in [-0.39, 0.29) is 5.69 Å². The molecule has 0 saturated heterocycles. The highest BCUT2D eigenvalue weighted by Crippen LogP contribution is 2.20. The van der Waals surface area contributed by atoms with Gasteiger partial charge in [-0.3, -0.25) is 19.9 Å². The number of halogens is 1. The van der Waals surface area contributed by atoms with Crippen LogP contribution < -0.4 is 5.43 Å². The predicted molar refractivity (Wildman–Crippen MR) is 77.4 cm³/mol. The first-order valence-electron chi connectivity index (χ1n) is 5.75. The number of non-ortho nitro benzene ring substituents is 1. The van der Waals surface area contributed by atoms with Crippen molar-refractivity contribution in [1.82, 2.24) is 10.4 Å². The van der Waals surface area contributed by atoms with Gasteiger partial charge in [-0.05, 0) is 18.2 Å². The van der Waals surface area contributed by atoms with Crippen LogP contribution in [0, 0.1) is 10.1 Å². The van der Waals surface area contributed by atoms with E-state index in [2.05, 4.69) is 15.5 Å². The van der Waals surface area contributed by atoms with Gasteiger partial charge < -0.3 is 0 Å². The first kappa shape index (κ1) is 14.6. The van der Waals surface area contributed by atoms with Crippen LogP contribution in [0.3, 0.4) is 0 Å². The van der Waals surface area contributed by atoms with Crippen LogP contribution in [0.2, 0.25) is 5.02 Å². The number of carbonyl (C=O) groups is 1. The highest BCUT2D eigenvalue weighted by molar-refractivity contribution is 6.33. The number of rotatable bonds is 4. The van der Waals surface area contributed by atoms with E-state index in [1.165, 1.54) is 48.9 Å². The number of nitrogens with zero attached hydrogens (tertiary/aromatic N) is 3. The van der Waals surface area contributed by atoms with E-state index in [1.807, 2.05) is 0 Å². The molecule has 0 radical (unpaired) electrons. The molecule has 0 unspecified atom stereocenters. The Bertz CT molecular complexity index is 704. The molecule has 1 aromatic heterocycles. The molecule has 0 aliphatic heterocycles. The number of benzene rings is 1. The number of hydrogen-bond donors (Lipinski definition) is 1. The zero-order chi connectivity index (χ0) is 15.2. The minimum Gasteiger partial charge on any atom is -0.267 e. The van der Waals surface area contributed by atoms with Gasteiger partial charge in [0.25, 0.3) is 11.6 Å². The quantitative estimate of drug-likeness (QED) is 0.533. The topological polar surface area (TPSA) is 97.5 Å². The zero-order valence-electron chi connectivity index (χ0n) is 10.6. The highest BCUT2D eigenvalue weighted by Gasteiger charge is 2.08. The SMILES string of the molecule is O=C(N/N=C\c1cc([N+](=O)[O-])ccc1Cl)c1ccncc1. The van der Waals surface area contributed by atoms with Crippen molar-refractivity contribution in [2.24, 2.45) is 5.10 Å². The molecule has 0 aliphatic carbocycles. The van der Waals surface area contributed by atoms with Crippen molar-refractivity contribution in [2.75, 3.05) is 0 Å². The number of aromatic nitrogens is 1. The lowest BCUT2D eigenvalue weighted by molar-refractivity contribution is -0.384. The number of hydrogen-bond acceptors (Lipinski definition) is 5. The Hall–Kier alpha value is -2.80. The van der Waals surface area contributed by atoms with Crippen LogP contribution in [0.5, 0.6) is 0 Å². The average Bonchev–Trinajstić information content (AvgIpc) is 2.49. The van der Waals surface area contributed by atoms with Crippen LogP contribution in [0.4, 0.5) is 5.69 Å². The monoisotopic (exact) mass is 304 g/mol. The minimum absolute atomic E-state index is 0.110. The van der Waals surface area contributed by atoms with Gasteiger partial charge in [0.15, 0.2) is 0 Å². The molecule has 0 saturated carbocycles. The Morgan fingerprint density at radius 1 is 1.33 bits per heavy atom. The summed E-state index contributed by atoms with van der Waals surface area (Å²) < 4.78 is 0. The van der Waals surface area contributed by atoms with E-state index in [1.54, 1.807) is 0 Å². The molecular formula is C13H9ClN4O3. The molecule has 21 heavy (non-hydrogen) atoms. The fourth-order valence-corrected chi connectivity index (χ4v) is 1.64. The first-order chi connectivity index (χ1) is 10.1. The molecule has 1 N–H and O–H groups in total. The first-order valence-corrected chi connectivity index (χ1v) is 6.13. The normalized spacial score (nSPS) is 10.5. The van der Waals surface area contributed by atoms with Gasteiger partial charge in [-0.1, -0.05) is 11.6 Å². The average molecular weight is 305 g/mol. The molecule has 8 heteroatoms. The highest BCUT2D eigenvalue weighted by atomic mass is 35.5. The third-order valence-electron chi connectivity index (χ3n) is 2.50. The van der Waals surface area contributed by atoms with Crippen LogP contribution in [-0.2, 0) is 0 Å². The summed E-state index contributed by atoms with van der Waals surface area (Å²) >= 11 is 5.90. The number of hydrazone groups is 1. The van der Waals surface area contributed by atoms with Crippen molar-refractivity contribution in [3.63, 3.8) is 0 Å². The molecule has 0 spiro atoms. The van der Waals surface area contributed by atoms with E-state index in [4.69, 9.17) is 11.6 Å². The Kier molecular flexibility index (Phi) is 4.57. The smallest absolute Gasteiger partial charge is 0.267 e. The number of nitro groups is 1. The Labute approximate surface area is 124 Å². The Morgan fingerprint density at radius 2 is 2.05 bits per heavy atom. The lowest BCUT2D eigenvalue weighted by Crippen LogP contribution is -2.17. The second kappa shape index (κ2) is 6.58. The van der Waals surface area contributed by atoms with Crippen molar-refractivity contribution in [3.8, 4) is 0 Å². The van der Waals surface area contributed by atoms with Crippen LogP contribution >= 0.6 is 11.6 Å². The van der Waals surface area contributed by atoms with Crippen LogP contribution in [0.1, 0.15) is 15.9 Å². The summed E-state index contributed by atoms with van der Waals surface area (Å²) in [6.45, 7) is 0. The van der Waals surface area contributed by atoms with Crippen LogP contribution in [-0.4, -0.2) is 22.0 Å². The van der Waals surface area contributed by atoms with E-state index in [0.717, 1.165) is 0 Å². The fraction of sp³-hybridized carbons (Fsp3) is 0. The van der Waals surface area contributed by atoms with E-state index in [9.17, 15) is 14.9 Å². The number of carbonyl (C=O) groups excluding carboxylic acids is 1. The van der Waals surface area contributed by atoms with Gasteiger partial charge in [-0.2, -0.15) is 5.10 Å². The van der Waals surface area contributed by atoms with Crippen LogP contribution in [0.15, 0.2) is 47.8 Å². The fourth-order valence-electron chi connectivity index (χ4n) is 1.47. The summed E-state index contributed by atoms with van der Waals surface area (Å²) in [5, 5.41) is 14.7. The molecule has 0 atom stereocenters. The van der Waals surface area contributed by atoms with Gasteiger partial charge in [0.2, 0.25) is 0 Å². The van der Waals surface area contributed by atoms with Crippen LogP contribution in [0.25, 0.3) is 0 Å². The molecule has 1 heterocycles. The van der Waals surface area contributed by atoms with Crippen molar-refractivity contribution in [2.45, 2.75) is 0 Å². The third-order valence-corrected chi connectivity index (χ3v) is 2.85. The van der Waals surface area contributed by atoms with E-state index < -0.39 is 10.8 Å². The summed E-state index contributed by atoms with van der Waals surface area (Å²) in [6.07, 6.45) is 4.21. The third kappa shape index (κ3) is 3.83. The number of pyridine rings is 1. The maximum absolute atomic E-state index is 11.7. The molecule has 1 aromatic carbocycles. The predicted octanol–water partition coefficient (Wildman–Crippen LogP) is 2.41. The summed E-state index contributed by atoms with van der Waals surface area (Å²) in [7, 11) is 0. The molecule has 2 aromatic rings. The van der Waals surface area contributed by atoms with Crippen molar-refractivity contribution >= 4 is 29.4 Å². The Balaban J connectivity index is 2.10. The molecule has 1 amide bonds. The maximum Gasteiger partial charge on any atom is 0.271 e. The van der Waals surface area contributed by atoms with Gasteiger partial charge in [-0.25, -0.2) is 5.43 Å².